The third-order valence-corrected chi connectivity index (χ3v) is 9.50. The predicted octanol–water partition coefficient (Wildman–Crippen LogP) is 6.55. The van der Waals surface area contributed by atoms with Gasteiger partial charge in [-0.25, -0.2) is 0 Å². The number of unbranched alkanes of at least 4 members (excludes halogenated alkanes) is 1. The maximum absolute atomic E-state index is 7.18. The highest BCUT2D eigenvalue weighted by molar-refractivity contribution is 5.63. The predicted molar refractivity (Wildman–Crippen MR) is 155 cm³/mol. The van der Waals surface area contributed by atoms with Crippen LogP contribution in [0.15, 0.2) is 60.4 Å². The molecular weight excluding hydrogens is 486 g/mol. The summed E-state index contributed by atoms with van der Waals surface area (Å²) in [6.45, 7) is 6.88. The number of methoxy groups -OCH3 is 1. The molecule has 4 atom stereocenters. The highest BCUT2D eigenvalue weighted by atomic mass is 16.6. The van der Waals surface area contributed by atoms with Gasteiger partial charge >= 0.3 is 0 Å². The molecule has 5 heteroatoms. The molecule has 2 aromatic rings. The number of benzene rings is 2. The maximum Gasteiger partial charge on any atom is 0.168 e. The minimum absolute atomic E-state index is 0.222. The monoisotopic (exact) mass is 529 g/mol. The second-order valence-electron chi connectivity index (χ2n) is 12.0. The summed E-state index contributed by atoms with van der Waals surface area (Å²) in [5.41, 5.74) is 2.91. The fourth-order valence-corrected chi connectivity index (χ4v) is 7.26. The topological polar surface area (TPSA) is 40.2 Å². The molecule has 39 heavy (non-hydrogen) atoms. The minimum Gasteiger partial charge on any atom is -0.497 e. The molecule has 4 aliphatic rings. The second-order valence-corrected chi connectivity index (χ2v) is 12.0. The molecule has 0 aromatic heterocycles. The lowest BCUT2D eigenvalue weighted by Crippen LogP contribution is -2.71. The molecule has 0 N–H and O–H groups in total. The Hall–Kier alpha value is -2.76. The van der Waals surface area contributed by atoms with Crippen molar-refractivity contribution in [1.29, 1.82) is 0 Å². The molecule has 0 spiro atoms. The van der Waals surface area contributed by atoms with Crippen LogP contribution in [0.3, 0.4) is 0 Å². The van der Waals surface area contributed by atoms with Gasteiger partial charge in [0.25, 0.3) is 0 Å². The van der Waals surface area contributed by atoms with E-state index in [1.807, 2.05) is 6.07 Å². The van der Waals surface area contributed by atoms with Gasteiger partial charge in [0, 0.05) is 24.6 Å². The molecule has 0 radical (unpaired) electrons. The first-order valence-electron chi connectivity index (χ1n) is 14.8. The number of nitrogens with zero attached hydrogens (tertiary/aromatic N) is 1. The van der Waals surface area contributed by atoms with E-state index in [9.17, 15) is 0 Å². The summed E-state index contributed by atoms with van der Waals surface area (Å²) in [4.78, 5) is 2.58. The quantitative estimate of drug-likeness (QED) is 0.292. The summed E-state index contributed by atoms with van der Waals surface area (Å²) in [6, 6.07) is 15.1. The van der Waals surface area contributed by atoms with E-state index in [2.05, 4.69) is 80.4 Å². The SMILES string of the molecule is CCCCOc1ccc2c3c1O[C@H]1C(OC)=CC[C@@](OC/C=C/c4ccccc4)([C@H](N(C)CC4CC4)C2)C31C. The molecule has 1 fully saturated rings. The van der Waals surface area contributed by atoms with Gasteiger partial charge in [-0.05, 0) is 68.8 Å². The molecule has 1 saturated carbocycles. The number of rotatable bonds is 12. The van der Waals surface area contributed by atoms with Gasteiger partial charge < -0.3 is 18.9 Å². The Balaban J connectivity index is 1.42. The summed E-state index contributed by atoms with van der Waals surface area (Å²) in [7, 11) is 4.06. The molecule has 5 nitrogen and oxygen atoms in total. The first kappa shape index (κ1) is 26.5. The third-order valence-electron chi connectivity index (χ3n) is 9.50. The maximum atomic E-state index is 7.18. The van der Waals surface area contributed by atoms with Crippen LogP contribution in [0.2, 0.25) is 0 Å². The summed E-state index contributed by atoms with van der Waals surface area (Å²) in [5, 5.41) is 0. The van der Waals surface area contributed by atoms with Crippen molar-refractivity contribution in [2.45, 2.75) is 75.5 Å². The molecular formula is C34H43NO4. The third kappa shape index (κ3) is 4.48. The van der Waals surface area contributed by atoms with Crippen molar-refractivity contribution in [3.8, 4) is 11.5 Å². The average molecular weight is 530 g/mol. The molecule has 1 aliphatic heterocycles. The van der Waals surface area contributed by atoms with Crippen LogP contribution >= 0.6 is 0 Å². The van der Waals surface area contributed by atoms with Crippen LogP contribution in [0.1, 0.15) is 62.6 Å². The van der Waals surface area contributed by atoms with Crippen LogP contribution in [-0.2, 0) is 21.3 Å². The van der Waals surface area contributed by atoms with E-state index in [1.165, 1.54) is 29.5 Å². The highest BCUT2D eigenvalue weighted by Crippen LogP contribution is 2.63. The molecule has 1 heterocycles. The van der Waals surface area contributed by atoms with Crippen LogP contribution in [0.5, 0.6) is 11.5 Å². The highest BCUT2D eigenvalue weighted by Gasteiger charge is 2.69. The molecule has 0 amide bonds. The Kier molecular flexibility index (Phi) is 7.24. The van der Waals surface area contributed by atoms with Gasteiger partial charge in [0.2, 0.25) is 0 Å². The summed E-state index contributed by atoms with van der Waals surface area (Å²) < 4.78 is 26.3. The molecule has 0 bridgehead atoms. The molecule has 3 aliphatic carbocycles. The van der Waals surface area contributed by atoms with E-state index in [4.69, 9.17) is 18.9 Å². The largest absolute Gasteiger partial charge is 0.497 e. The minimum atomic E-state index is -0.468. The lowest BCUT2D eigenvalue weighted by atomic mass is 9.54. The van der Waals surface area contributed by atoms with E-state index < -0.39 is 11.0 Å². The zero-order valence-electron chi connectivity index (χ0n) is 23.9. The Morgan fingerprint density at radius 3 is 2.69 bits per heavy atom. The Bertz CT molecular complexity index is 1240. The number of likely N-dealkylation sites (N-methyl/N-ethyl adjacent to an activating group) is 1. The molecule has 208 valence electrons. The molecule has 2 aromatic carbocycles. The Morgan fingerprint density at radius 1 is 1.13 bits per heavy atom. The van der Waals surface area contributed by atoms with Crippen molar-refractivity contribution in [2.24, 2.45) is 5.92 Å². The zero-order valence-corrected chi connectivity index (χ0v) is 23.9. The van der Waals surface area contributed by atoms with Crippen LogP contribution in [-0.4, -0.2) is 56.6 Å². The van der Waals surface area contributed by atoms with E-state index in [1.54, 1.807) is 7.11 Å². The normalized spacial score (nSPS) is 28.8. The lowest BCUT2D eigenvalue weighted by molar-refractivity contribution is -0.162. The second kappa shape index (κ2) is 10.7. The number of ether oxygens (including phenoxy) is 4. The van der Waals surface area contributed by atoms with Crippen molar-refractivity contribution in [2.75, 3.05) is 33.9 Å². The van der Waals surface area contributed by atoms with Gasteiger partial charge in [0.1, 0.15) is 11.4 Å². The first-order valence-corrected chi connectivity index (χ1v) is 14.8. The smallest absolute Gasteiger partial charge is 0.168 e. The van der Waals surface area contributed by atoms with Crippen LogP contribution in [0, 0.1) is 5.92 Å². The van der Waals surface area contributed by atoms with Gasteiger partial charge in [-0.1, -0.05) is 61.9 Å². The van der Waals surface area contributed by atoms with E-state index >= 15 is 0 Å². The van der Waals surface area contributed by atoms with Gasteiger partial charge in [-0.3, -0.25) is 4.90 Å². The van der Waals surface area contributed by atoms with Crippen molar-refractivity contribution in [3.63, 3.8) is 0 Å². The number of hydrogen-bond acceptors (Lipinski definition) is 5. The van der Waals surface area contributed by atoms with Crippen molar-refractivity contribution in [3.05, 3.63) is 77.1 Å². The standard InChI is InChI=1S/C34H43NO4/c1-5-6-20-37-27-17-16-26-22-29(35(3)23-25-14-15-25)34(38-21-10-13-24-11-8-7-9-12-24)19-18-28(36-4)32-33(34,2)30(26)31(27)39-32/h7-13,16-18,25,29,32H,5-6,14-15,19-23H2,1-4H3/b13-10+/t29-,32+,33?,34-/m1/s1. The Labute approximate surface area is 233 Å². The zero-order chi connectivity index (χ0) is 27.0. The van der Waals surface area contributed by atoms with Gasteiger partial charge in [-0.2, -0.15) is 0 Å². The Morgan fingerprint density at radius 2 is 1.95 bits per heavy atom. The van der Waals surface area contributed by atoms with Crippen molar-refractivity contribution < 1.29 is 18.9 Å². The van der Waals surface area contributed by atoms with Gasteiger partial charge in [0.05, 0.1) is 25.7 Å². The van der Waals surface area contributed by atoms with Crippen molar-refractivity contribution in [1.82, 2.24) is 4.90 Å². The van der Waals surface area contributed by atoms with E-state index in [-0.39, 0.29) is 12.1 Å². The van der Waals surface area contributed by atoms with Crippen LogP contribution < -0.4 is 9.47 Å². The van der Waals surface area contributed by atoms with Crippen LogP contribution in [0.4, 0.5) is 0 Å². The van der Waals surface area contributed by atoms with E-state index in [0.29, 0.717) is 13.2 Å². The summed E-state index contributed by atoms with van der Waals surface area (Å²) in [5.74, 6) is 3.42. The fraction of sp³-hybridized carbons (Fsp3) is 0.529. The fourth-order valence-electron chi connectivity index (χ4n) is 7.26. The first-order chi connectivity index (χ1) is 19.0. The van der Waals surface area contributed by atoms with Crippen molar-refractivity contribution >= 4 is 6.08 Å². The van der Waals surface area contributed by atoms with Gasteiger partial charge in [-0.15, -0.1) is 0 Å². The average Bonchev–Trinajstić information content (AvgIpc) is 3.70. The molecule has 0 saturated heterocycles. The van der Waals surface area contributed by atoms with Gasteiger partial charge in [0.15, 0.2) is 17.6 Å². The van der Waals surface area contributed by atoms with Crippen LogP contribution in [0.25, 0.3) is 6.08 Å². The lowest BCUT2D eigenvalue weighted by Gasteiger charge is -2.59. The summed E-state index contributed by atoms with van der Waals surface area (Å²) >= 11 is 0. The number of hydrogen-bond donors (Lipinski definition) is 0. The molecule has 1 unspecified atom stereocenters. The summed E-state index contributed by atoms with van der Waals surface area (Å²) in [6.07, 6.45) is 12.8. The van der Waals surface area contributed by atoms with E-state index in [0.717, 1.165) is 55.4 Å². The molecule has 6 rings (SSSR count).